The number of aromatic nitrogens is 2. The van der Waals surface area contributed by atoms with E-state index in [1.54, 1.807) is 0 Å². The Kier molecular flexibility index (Phi) is 2.14. The van der Waals surface area contributed by atoms with Gasteiger partial charge in [-0.15, -0.1) is 0 Å². The van der Waals surface area contributed by atoms with Gasteiger partial charge >= 0.3 is 0 Å². The molecule has 0 saturated carbocycles. The molecule has 1 saturated heterocycles. The van der Waals surface area contributed by atoms with Crippen molar-refractivity contribution in [3.8, 4) is 0 Å². The lowest BCUT2D eigenvalue weighted by atomic mass is 9.91. The Labute approximate surface area is 91.6 Å². The predicted octanol–water partition coefficient (Wildman–Crippen LogP) is 2.26. The summed E-state index contributed by atoms with van der Waals surface area (Å²) in [7, 11) is 1.94. The van der Waals surface area contributed by atoms with Crippen molar-refractivity contribution < 1.29 is 4.74 Å². The van der Waals surface area contributed by atoms with E-state index in [9.17, 15) is 0 Å². The molecule has 0 bridgehead atoms. The molecule has 1 aliphatic rings. The van der Waals surface area contributed by atoms with Crippen LogP contribution >= 0.6 is 22.6 Å². The molecule has 0 spiro atoms. The van der Waals surface area contributed by atoms with Gasteiger partial charge in [0.1, 0.15) is 11.8 Å². The number of rotatable bonds is 1. The molecule has 2 rings (SSSR count). The molecule has 1 atom stereocenters. The first-order valence-corrected chi connectivity index (χ1v) is 5.43. The Bertz CT molecular complexity index is 324. The summed E-state index contributed by atoms with van der Waals surface area (Å²) < 4.78 is 8.76. The van der Waals surface area contributed by atoms with Gasteiger partial charge in [0, 0.05) is 19.7 Å². The third-order valence-corrected chi connectivity index (χ3v) is 3.08. The van der Waals surface area contributed by atoms with Gasteiger partial charge in [0.25, 0.3) is 0 Å². The number of aryl methyl sites for hydroxylation is 1. The second kappa shape index (κ2) is 2.95. The zero-order chi connectivity index (χ0) is 9.64. The predicted molar refractivity (Wildman–Crippen MR) is 58.4 cm³/mol. The number of hydrogen-bond acceptors (Lipinski definition) is 2. The summed E-state index contributed by atoms with van der Waals surface area (Å²) in [6.07, 6.45) is 3.30. The fourth-order valence-corrected chi connectivity index (χ4v) is 2.53. The Morgan fingerprint density at radius 1 is 1.69 bits per heavy atom. The third kappa shape index (κ3) is 1.74. The molecule has 0 aliphatic carbocycles. The minimum Gasteiger partial charge on any atom is -0.366 e. The van der Waals surface area contributed by atoms with Crippen molar-refractivity contribution in [1.29, 1.82) is 0 Å². The molecule has 0 amide bonds. The highest BCUT2D eigenvalue weighted by Crippen LogP contribution is 2.42. The van der Waals surface area contributed by atoms with Gasteiger partial charge in [-0.05, 0) is 36.4 Å². The van der Waals surface area contributed by atoms with E-state index in [1.165, 1.54) is 3.57 Å². The fourth-order valence-electron chi connectivity index (χ4n) is 1.67. The van der Waals surface area contributed by atoms with Crippen LogP contribution in [0.25, 0.3) is 0 Å². The molecular formula is C9H13IN2O. The molecule has 2 heterocycles. The van der Waals surface area contributed by atoms with Crippen molar-refractivity contribution in [3.05, 3.63) is 15.5 Å². The minimum atomic E-state index is 0.0469. The van der Waals surface area contributed by atoms with E-state index in [2.05, 4.69) is 41.5 Å². The second-order valence-corrected chi connectivity index (χ2v) is 5.27. The van der Waals surface area contributed by atoms with Crippen LogP contribution in [0.3, 0.4) is 0 Å². The van der Waals surface area contributed by atoms with Crippen LogP contribution in [-0.2, 0) is 11.8 Å². The minimum absolute atomic E-state index is 0.0469. The maximum atomic E-state index is 5.73. The Hall–Kier alpha value is -0.100. The molecule has 1 fully saturated rings. The van der Waals surface area contributed by atoms with Gasteiger partial charge in [-0.3, -0.25) is 4.68 Å². The van der Waals surface area contributed by atoms with Gasteiger partial charge < -0.3 is 4.74 Å². The lowest BCUT2D eigenvalue weighted by Crippen LogP contribution is -2.40. The molecule has 1 unspecified atom stereocenters. The highest BCUT2D eigenvalue weighted by atomic mass is 127. The maximum absolute atomic E-state index is 5.73. The molecule has 13 heavy (non-hydrogen) atoms. The molecule has 3 nitrogen and oxygen atoms in total. The fraction of sp³-hybridized carbons (Fsp3) is 0.667. The molecule has 0 aromatic carbocycles. The van der Waals surface area contributed by atoms with Crippen molar-refractivity contribution in [1.82, 2.24) is 9.78 Å². The van der Waals surface area contributed by atoms with E-state index in [-0.39, 0.29) is 11.7 Å². The van der Waals surface area contributed by atoms with Gasteiger partial charge in [0.15, 0.2) is 0 Å². The molecule has 1 aliphatic heterocycles. The van der Waals surface area contributed by atoms with Crippen LogP contribution in [0, 0.1) is 3.57 Å². The van der Waals surface area contributed by atoms with Gasteiger partial charge in [0.05, 0.1) is 9.17 Å². The van der Waals surface area contributed by atoms with Crippen molar-refractivity contribution in [2.75, 3.05) is 0 Å². The molecule has 0 radical (unpaired) electrons. The third-order valence-electron chi connectivity index (χ3n) is 2.25. The van der Waals surface area contributed by atoms with Gasteiger partial charge in [-0.25, -0.2) is 0 Å². The highest BCUT2D eigenvalue weighted by molar-refractivity contribution is 14.1. The lowest BCUT2D eigenvalue weighted by molar-refractivity contribution is -0.189. The number of hydrogen-bond donors (Lipinski definition) is 0. The normalized spacial score (nSPS) is 25.7. The first-order chi connectivity index (χ1) is 5.98. The van der Waals surface area contributed by atoms with Crippen molar-refractivity contribution >= 4 is 22.6 Å². The Balaban J connectivity index is 2.15. The van der Waals surface area contributed by atoms with Gasteiger partial charge in [0.2, 0.25) is 0 Å². The van der Waals surface area contributed by atoms with Crippen LogP contribution in [0.4, 0.5) is 0 Å². The van der Waals surface area contributed by atoms with E-state index < -0.39 is 0 Å². The number of nitrogens with zero attached hydrogens (tertiary/aromatic N) is 2. The van der Waals surface area contributed by atoms with E-state index in [0.717, 1.165) is 12.1 Å². The van der Waals surface area contributed by atoms with Crippen LogP contribution in [0.5, 0.6) is 0 Å². The van der Waals surface area contributed by atoms with Crippen molar-refractivity contribution in [2.45, 2.75) is 32.0 Å². The van der Waals surface area contributed by atoms with Crippen LogP contribution in [0.2, 0.25) is 0 Å². The van der Waals surface area contributed by atoms with E-state index in [4.69, 9.17) is 4.74 Å². The van der Waals surface area contributed by atoms with Gasteiger partial charge in [-0.2, -0.15) is 5.10 Å². The van der Waals surface area contributed by atoms with Crippen molar-refractivity contribution in [2.24, 2.45) is 7.05 Å². The van der Waals surface area contributed by atoms with Crippen LogP contribution in [-0.4, -0.2) is 15.4 Å². The summed E-state index contributed by atoms with van der Waals surface area (Å²) in [5.74, 6) is 0. The first-order valence-electron chi connectivity index (χ1n) is 4.35. The Morgan fingerprint density at radius 3 is 2.69 bits per heavy atom. The van der Waals surface area contributed by atoms with Crippen LogP contribution < -0.4 is 0 Å². The summed E-state index contributed by atoms with van der Waals surface area (Å²) in [6.45, 7) is 4.22. The molecule has 72 valence electrons. The number of ether oxygens (including phenoxy) is 1. The summed E-state index contributed by atoms with van der Waals surface area (Å²) >= 11 is 2.30. The lowest BCUT2D eigenvalue weighted by Gasteiger charge is -2.42. The first kappa shape index (κ1) is 9.45. The average Bonchev–Trinajstić information content (AvgIpc) is 2.24. The maximum Gasteiger partial charge on any atom is 0.106 e. The number of halogens is 1. The summed E-state index contributed by atoms with van der Waals surface area (Å²) in [5.41, 5.74) is 1.13. The van der Waals surface area contributed by atoms with E-state index >= 15 is 0 Å². The van der Waals surface area contributed by atoms with E-state index in [1.807, 2.05) is 17.9 Å². The quantitative estimate of drug-likeness (QED) is 0.742. The topological polar surface area (TPSA) is 27.1 Å². The molecular weight excluding hydrogens is 279 g/mol. The molecule has 1 aromatic rings. The standard InChI is InChI=1S/C9H13IN2O/c1-9(2)4-7(13-9)8-6(10)5-12(3)11-8/h5,7H,4H2,1-3H3. The average molecular weight is 292 g/mol. The molecule has 4 heteroatoms. The second-order valence-electron chi connectivity index (χ2n) is 4.11. The zero-order valence-corrected chi connectivity index (χ0v) is 10.2. The summed E-state index contributed by atoms with van der Waals surface area (Å²) in [4.78, 5) is 0. The molecule has 0 N–H and O–H groups in total. The largest absolute Gasteiger partial charge is 0.366 e. The smallest absolute Gasteiger partial charge is 0.106 e. The SMILES string of the molecule is Cn1cc(I)c(C2CC(C)(C)O2)n1. The monoisotopic (exact) mass is 292 g/mol. The van der Waals surface area contributed by atoms with E-state index in [0.29, 0.717) is 0 Å². The van der Waals surface area contributed by atoms with Crippen LogP contribution in [0.15, 0.2) is 6.20 Å². The summed E-state index contributed by atoms with van der Waals surface area (Å²) in [6, 6.07) is 0. The highest BCUT2D eigenvalue weighted by Gasteiger charge is 2.40. The molecule has 1 aromatic heterocycles. The Morgan fingerprint density at radius 2 is 2.31 bits per heavy atom. The van der Waals surface area contributed by atoms with Gasteiger partial charge in [-0.1, -0.05) is 0 Å². The van der Waals surface area contributed by atoms with Crippen LogP contribution in [0.1, 0.15) is 32.1 Å². The van der Waals surface area contributed by atoms with Crippen molar-refractivity contribution in [3.63, 3.8) is 0 Å². The zero-order valence-electron chi connectivity index (χ0n) is 8.04. The summed E-state index contributed by atoms with van der Waals surface area (Å²) in [5, 5.41) is 4.38.